The van der Waals surface area contributed by atoms with Gasteiger partial charge in [-0.1, -0.05) is 6.08 Å². The number of hydrogen-bond acceptors (Lipinski definition) is 3. The van der Waals surface area contributed by atoms with Crippen LogP contribution in [0.15, 0.2) is 11.6 Å². The fourth-order valence-corrected chi connectivity index (χ4v) is 1.20. The van der Waals surface area contributed by atoms with E-state index in [1.54, 1.807) is 0 Å². The van der Waals surface area contributed by atoms with E-state index < -0.39 is 0 Å². The first-order chi connectivity index (χ1) is 6.33. The molecule has 3 nitrogen and oxygen atoms in total. The van der Waals surface area contributed by atoms with E-state index in [2.05, 4.69) is 0 Å². The van der Waals surface area contributed by atoms with E-state index in [0.29, 0.717) is 6.61 Å². The highest BCUT2D eigenvalue weighted by Crippen LogP contribution is 2.13. The quantitative estimate of drug-likeness (QED) is 0.676. The Labute approximate surface area is 79.3 Å². The third-order valence-electron chi connectivity index (χ3n) is 2.10. The summed E-state index contributed by atoms with van der Waals surface area (Å²) in [6, 6.07) is 0. The molecular formula is C10H18O3. The van der Waals surface area contributed by atoms with Crippen LogP contribution in [0.2, 0.25) is 0 Å². The van der Waals surface area contributed by atoms with Crippen LogP contribution < -0.4 is 0 Å². The Hall–Kier alpha value is -0.380. The molecule has 0 saturated carbocycles. The minimum atomic E-state index is -0.0310. The molecule has 1 fully saturated rings. The number of aliphatic hydroxyl groups excluding tert-OH is 1. The minimum Gasteiger partial charge on any atom is -0.392 e. The summed E-state index contributed by atoms with van der Waals surface area (Å²) in [6.07, 6.45) is 5.18. The van der Waals surface area contributed by atoms with Gasteiger partial charge in [0.05, 0.1) is 13.2 Å². The van der Waals surface area contributed by atoms with Crippen molar-refractivity contribution in [2.45, 2.75) is 32.5 Å². The largest absolute Gasteiger partial charge is 0.392 e. The van der Waals surface area contributed by atoms with Crippen LogP contribution in [0.1, 0.15) is 26.2 Å². The lowest BCUT2D eigenvalue weighted by atomic mass is 10.2. The highest BCUT2D eigenvalue weighted by atomic mass is 16.7. The lowest BCUT2D eigenvalue weighted by molar-refractivity contribution is -0.155. The molecule has 1 heterocycles. The zero-order chi connectivity index (χ0) is 9.52. The second-order valence-corrected chi connectivity index (χ2v) is 3.34. The molecule has 0 aromatic carbocycles. The zero-order valence-electron chi connectivity index (χ0n) is 8.16. The molecular weight excluding hydrogens is 168 g/mol. The molecule has 0 spiro atoms. The predicted octanol–water partition coefficient (Wildman–Crippen LogP) is 1.47. The monoisotopic (exact) mass is 186 g/mol. The van der Waals surface area contributed by atoms with Gasteiger partial charge in [-0.25, -0.2) is 0 Å². The van der Waals surface area contributed by atoms with Gasteiger partial charge in [-0.05, 0) is 31.8 Å². The van der Waals surface area contributed by atoms with Crippen molar-refractivity contribution in [3.8, 4) is 0 Å². The number of hydrogen-bond donors (Lipinski definition) is 1. The Morgan fingerprint density at radius 1 is 1.62 bits per heavy atom. The summed E-state index contributed by atoms with van der Waals surface area (Å²) in [5.74, 6) is 0. The van der Waals surface area contributed by atoms with Gasteiger partial charge in [0.25, 0.3) is 0 Å². The van der Waals surface area contributed by atoms with Crippen molar-refractivity contribution >= 4 is 0 Å². The van der Waals surface area contributed by atoms with Gasteiger partial charge >= 0.3 is 0 Å². The van der Waals surface area contributed by atoms with Gasteiger partial charge in [-0.3, -0.25) is 0 Å². The molecule has 0 bridgehead atoms. The maximum Gasteiger partial charge on any atom is 0.157 e. The predicted molar refractivity (Wildman–Crippen MR) is 50.4 cm³/mol. The molecule has 1 aliphatic rings. The molecule has 0 radical (unpaired) electrons. The van der Waals surface area contributed by atoms with E-state index in [9.17, 15) is 0 Å². The van der Waals surface area contributed by atoms with Crippen LogP contribution in [0.3, 0.4) is 0 Å². The van der Waals surface area contributed by atoms with Gasteiger partial charge in [-0.2, -0.15) is 0 Å². The van der Waals surface area contributed by atoms with Crippen LogP contribution in [0.5, 0.6) is 0 Å². The van der Waals surface area contributed by atoms with Crippen LogP contribution in [-0.4, -0.2) is 31.2 Å². The van der Waals surface area contributed by atoms with E-state index in [1.807, 2.05) is 13.0 Å². The topological polar surface area (TPSA) is 38.7 Å². The van der Waals surface area contributed by atoms with Crippen molar-refractivity contribution in [3.05, 3.63) is 11.6 Å². The number of ether oxygens (including phenoxy) is 2. The van der Waals surface area contributed by atoms with Crippen molar-refractivity contribution in [2.24, 2.45) is 0 Å². The molecule has 76 valence electrons. The second-order valence-electron chi connectivity index (χ2n) is 3.34. The summed E-state index contributed by atoms with van der Waals surface area (Å²) in [5.41, 5.74) is 0.941. The maximum atomic E-state index is 8.72. The number of aliphatic hydroxyl groups is 1. The standard InChI is InChI=1S/C10H18O3/c1-9(8-11)5-7-13-10-4-2-3-6-12-10/h5,10-11H,2-4,6-8H2,1H3/b9-5+. The summed E-state index contributed by atoms with van der Waals surface area (Å²) in [5, 5.41) is 8.72. The highest BCUT2D eigenvalue weighted by Gasteiger charge is 2.12. The van der Waals surface area contributed by atoms with Crippen LogP contribution in [0, 0.1) is 0 Å². The first kappa shape index (κ1) is 10.7. The van der Waals surface area contributed by atoms with E-state index in [-0.39, 0.29) is 12.9 Å². The van der Waals surface area contributed by atoms with Crippen LogP contribution in [-0.2, 0) is 9.47 Å². The maximum absolute atomic E-state index is 8.72. The van der Waals surface area contributed by atoms with Crippen molar-refractivity contribution < 1.29 is 14.6 Å². The third kappa shape index (κ3) is 4.41. The molecule has 3 heteroatoms. The Bertz CT molecular complexity index is 160. The third-order valence-corrected chi connectivity index (χ3v) is 2.10. The molecule has 1 rings (SSSR count). The van der Waals surface area contributed by atoms with E-state index >= 15 is 0 Å². The smallest absolute Gasteiger partial charge is 0.157 e. The summed E-state index contributed by atoms with van der Waals surface area (Å²) in [4.78, 5) is 0. The summed E-state index contributed by atoms with van der Waals surface area (Å²) in [6.45, 7) is 3.34. The first-order valence-corrected chi connectivity index (χ1v) is 4.82. The molecule has 0 aromatic heterocycles. The summed E-state index contributed by atoms with van der Waals surface area (Å²) in [7, 11) is 0. The van der Waals surface area contributed by atoms with Gasteiger partial charge in [-0.15, -0.1) is 0 Å². The second kappa shape index (κ2) is 6.13. The lowest BCUT2D eigenvalue weighted by Gasteiger charge is -2.22. The fraction of sp³-hybridized carbons (Fsp3) is 0.800. The first-order valence-electron chi connectivity index (χ1n) is 4.82. The van der Waals surface area contributed by atoms with Crippen LogP contribution >= 0.6 is 0 Å². The molecule has 0 aromatic rings. The number of rotatable bonds is 4. The Balaban J connectivity index is 2.10. The van der Waals surface area contributed by atoms with Gasteiger partial charge in [0, 0.05) is 6.61 Å². The van der Waals surface area contributed by atoms with Crippen LogP contribution in [0.25, 0.3) is 0 Å². The summed E-state index contributed by atoms with van der Waals surface area (Å²) < 4.78 is 10.8. The van der Waals surface area contributed by atoms with Gasteiger partial charge in [0.1, 0.15) is 0 Å². The Morgan fingerprint density at radius 3 is 3.08 bits per heavy atom. The fourth-order valence-electron chi connectivity index (χ4n) is 1.20. The van der Waals surface area contributed by atoms with Gasteiger partial charge < -0.3 is 14.6 Å². The van der Waals surface area contributed by atoms with Gasteiger partial charge in [0.15, 0.2) is 6.29 Å². The van der Waals surface area contributed by atoms with E-state index in [1.165, 1.54) is 6.42 Å². The normalized spacial score (nSPS) is 24.8. The van der Waals surface area contributed by atoms with E-state index in [4.69, 9.17) is 14.6 Å². The molecule has 1 aliphatic heterocycles. The molecule has 0 aliphatic carbocycles. The molecule has 1 atom stereocenters. The molecule has 13 heavy (non-hydrogen) atoms. The lowest BCUT2D eigenvalue weighted by Crippen LogP contribution is -2.22. The Kier molecular flexibility index (Phi) is 5.05. The Morgan fingerprint density at radius 2 is 2.46 bits per heavy atom. The average Bonchev–Trinajstić information content (AvgIpc) is 2.19. The van der Waals surface area contributed by atoms with Gasteiger partial charge in [0.2, 0.25) is 0 Å². The van der Waals surface area contributed by atoms with Crippen LogP contribution in [0.4, 0.5) is 0 Å². The molecule has 1 saturated heterocycles. The SMILES string of the molecule is C/C(=C\COC1CCCCO1)CO. The summed E-state index contributed by atoms with van der Waals surface area (Å²) >= 11 is 0. The molecule has 1 N–H and O–H groups in total. The highest BCUT2D eigenvalue weighted by molar-refractivity contribution is 4.97. The molecule has 1 unspecified atom stereocenters. The van der Waals surface area contributed by atoms with Crippen molar-refractivity contribution in [1.29, 1.82) is 0 Å². The van der Waals surface area contributed by atoms with Crippen molar-refractivity contribution in [2.75, 3.05) is 19.8 Å². The minimum absolute atomic E-state index is 0.0310. The zero-order valence-corrected chi connectivity index (χ0v) is 8.16. The van der Waals surface area contributed by atoms with Crippen molar-refractivity contribution in [1.82, 2.24) is 0 Å². The van der Waals surface area contributed by atoms with E-state index in [0.717, 1.165) is 25.0 Å². The van der Waals surface area contributed by atoms with Crippen molar-refractivity contribution in [3.63, 3.8) is 0 Å². The molecule has 0 amide bonds. The average molecular weight is 186 g/mol.